The smallest absolute Gasteiger partial charge is 0.343 e. The molecule has 208 valence electrons. The number of ether oxygens (including phenoxy) is 3. The second-order valence-corrected chi connectivity index (χ2v) is 10.1. The summed E-state index contributed by atoms with van der Waals surface area (Å²) in [4.78, 5) is 16.1. The summed E-state index contributed by atoms with van der Waals surface area (Å²) >= 11 is 6.15. The average Bonchev–Trinajstić information content (AvgIpc) is 2.97. The summed E-state index contributed by atoms with van der Waals surface area (Å²) in [7, 11) is 3.49. The van der Waals surface area contributed by atoms with Crippen LogP contribution in [0.25, 0.3) is 5.57 Å². The Balaban J connectivity index is 1.44. The van der Waals surface area contributed by atoms with E-state index in [2.05, 4.69) is 63.8 Å². The lowest BCUT2D eigenvalue weighted by Gasteiger charge is -2.30. The van der Waals surface area contributed by atoms with E-state index in [0.29, 0.717) is 23.1 Å². The summed E-state index contributed by atoms with van der Waals surface area (Å²) in [5.41, 5.74) is 5.02. The number of aryl methyl sites for hydroxylation is 1. The Morgan fingerprint density at radius 1 is 0.950 bits per heavy atom. The molecular formula is C33H35ClN2O4. The van der Waals surface area contributed by atoms with Crippen molar-refractivity contribution >= 4 is 23.1 Å². The highest BCUT2D eigenvalue weighted by atomic mass is 35.5. The zero-order chi connectivity index (χ0) is 28.3. The molecule has 0 atom stereocenters. The van der Waals surface area contributed by atoms with E-state index in [9.17, 15) is 4.79 Å². The normalized spacial score (nSPS) is 14.2. The lowest BCUT2D eigenvalue weighted by atomic mass is 9.97. The molecular weight excluding hydrogens is 524 g/mol. The Morgan fingerprint density at radius 2 is 1.62 bits per heavy atom. The van der Waals surface area contributed by atoms with Gasteiger partial charge in [0.15, 0.2) is 6.61 Å². The van der Waals surface area contributed by atoms with Gasteiger partial charge in [-0.05, 0) is 84.8 Å². The Kier molecular flexibility index (Phi) is 10.7. The van der Waals surface area contributed by atoms with Crippen LogP contribution in [0.2, 0.25) is 5.02 Å². The number of piperazine rings is 1. The Hall–Kier alpha value is -3.76. The third kappa shape index (κ3) is 8.62. The minimum Gasteiger partial charge on any atom is -0.489 e. The molecule has 3 aromatic carbocycles. The van der Waals surface area contributed by atoms with Crippen molar-refractivity contribution in [1.29, 1.82) is 0 Å². The lowest BCUT2D eigenvalue weighted by Crippen LogP contribution is -2.44. The van der Waals surface area contributed by atoms with E-state index in [1.807, 2.05) is 43.3 Å². The molecule has 3 aromatic rings. The summed E-state index contributed by atoms with van der Waals surface area (Å²) in [5.74, 6) is 7.53. The monoisotopic (exact) mass is 558 g/mol. The maximum atomic E-state index is 11.4. The SMILES string of the molecule is COC(=O)COc1ccc(OC/C=C(/c2ccc(Cl)cc2)c2ccc(C#CCN3CCN(C)CC3)cc2)cc1C. The summed E-state index contributed by atoms with van der Waals surface area (Å²) in [5, 5.41) is 0.690. The van der Waals surface area contributed by atoms with Gasteiger partial charge in [0, 0.05) is 36.8 Å². The molecule has 0 aromatic heterocycles. The molecule has 1 heterocycles. The molecule has 0 aliphatic carbocycles. The predicted molar refractivity (Wildman–Crippen MR) is 160 cm³/mol. The molecule has 0 spiro atoms. The zero-order valence-corrected chi connectivity index (χ0v) is 24.0. The number of nitrogens with zero attached hydrogens (tertiary/aromatic N) is 2. The molecule has 1 saturated heterocycles. The van der Waals surface area contributed by atoms with Crippen molar-refractivity contribution in [3.8, 4) is 23.3 Å². The van der Waals surface area contributed by atoms with Gasteiger partial charge in [0.1, 0.15) is 18.1 Å². The quantitative estimate of drug-likeness (QED) is 0.262. The standard InChI is InChI=1S/C33H35ClN2O4/c1-25-23-30(14-15-32(25)40-24-33(37)38-3)39-22-16-31(28-10-12-29(34)13-11-28)27-8-6-26(7-9-27)5-4-17-36-20-18-35(2)19-21-36/h6-16,23H,17-22,24H2,1-3H3/b31-16+. The van der Waals surface area contributed by atoms with Crippen molar-refractivity contribution in [3.63, 3.8) is 0 Å². The Bertz CT molecular complexity index is 1370. The van der Waals surface area contributed by atoms with Crippen LogP contribution in [0, 0.1) is 18.8 Å². The average molecular weight is 559 g/mol. The number of hydrogen-bond acceptors (Lipinski definition) is 6. The maximum absolute atomic E-state index is 11.4. The van der Waals surface area contributed by atoms with Gasteiger partial charge < -0.3 is 19.1 Å². The molecule has 6 nitrogen and oxygen atoms in total. The number of hydrogen-bond donors (Lipinski definition) is 0. The van der Waals surface area contributed by atoms with Crippen LogP contribution in [0.15, 0.2) is 72.8 Å². The fourth-order valence-corrected chi connectivity index (χ4v) is 4.44. The van der Waals surface area contributed by atoms with Gasteiger partial charge in [-0.2, -0.15) is 0 Å². The largest absolute Gasteiger partial charge is 0.489 e. The molecule has 0 radical (unpaired) electrons. The van der Waals surface area contributed by atoms with Gasteiger partial charge >= 0.3 is 5.97 Å². The van der Waals surface area contributed by atoms with Crippen molar-refractivity contribution in [3.05, 3.63) is 100 Å². The second kappa shape index (κ2) is 14.6. The molecule has 7 heteroatoms. The van der Waals surface area contributed by atoms with Crippen LogP contribution in [0.5, 0.6) is 11.5 Å². The van der Waals surface area contributed by atoms with Gasteiger partial charge in [-0.1, -0.05) is 47.7 Å². The maximum Gasteiger partial charge on any atom is 0.343 e. The van der Waals surface area contributed by atoms with E-state index in [0.717, 1.165) is 60.6 Å². The van der Waals surface area contributed by atoms with Gasteiger partial charge in [0.05, 0.1) is 13.7 Å². The number of esters is 1. The van der Waals surface area contributed by atoms with Crippen molar-refractivity contribution in [2.24, 2.45) is 0 Å². The van der Waals surface area contributed by atoms with Gasteiger partial charge in [-0.3, -0.25) is 4.90 Å². The predicted octanol–water partition coefficient (Wildman–Crippen LogP) is 5.31. The number of methoxy groups -OCH3 is 1. The van der Waals surface area contributed by atoms with Crippen LogP contribution in [0.4, 0.5) is 0 Å². The lowest BCUT2D eigenvalue weighted by molar-refractivity contribution is -0.142. The Labute approximate surface area is 242 Å². The van der Waals surface area contributed by atoms with Crippen LogP contribution >= 0.6 is 11.6 Å². The first-order chi connectivity index (χ1) is 19.4. The summed E-state index contributed by atoms with van der Waals surface area (Å²) in [6.45, 7) is 7.25. The molecule has 0 saturated carbocycles. The first-order valence-corrected chi connectivity index (χ1v) is 13.7. The zero-order valence-electron chi connectivity index (χ0n) is 23.3. The number of benzene rings is 3. The molecule has 1 aliphatic rings. The van der Waals surface area contributed by atoms with Gasteiger partial charge in [0.2, 0.25) is 0 Å². The van der Waals surface area contributed by atoms with Crippen LogP contribution in [-0.4, -0.2) is 75.9 Å². The third-order valence-electron chi connectivity index (χ3n) is 6.74. The summed E-state index contributed by atoms with van der Waals surface area (Å²) < 4.78 is 16.2. The van der Waals surface area contributed by atoms with Crippen molar-refractivity contribution in [2.75, 3.05) is 60.1 Å². The topological polar surface area (TPSA) is 51.2 Å². The fourth-order valence-electron chi connectivity index (χ4n) is 4.31. The van der Waals surface area contributed by atoms with Gasteiger partial charge in [0.25, 0.3) is 0 Å². The number of halogens is 1. The highest BCUT2D eigenvalue weighted by molar-refractivity contribution is 6.30. The number of likely N-dealkylation sites (N-methyl/N-ethyl adjacent to an activating group) is 1. The van der Waals surface area contributed by atoms with E-state index in [-0.39, 0.29) is 6.61 Å². The van der Waals surface area contributed by atoms with Gasteiger partial charge in [-0.25, -0.2) is 4.79 Å². The van der Waals surface area contributed by atoms with Crippen molar-refractivity contribution in [1.82, 2.24) is 9.80 Å². The molecule has 1 aliphatic heterocycles. The first-order valence-electron chi connectivity index (χ1n) is 13.3. The molecule has 0 amide bonds. The van der Waals surface area contributed by atoms with E-state index >= 15 is 0 Å². The Morgan fingerprint density at radius 3 is 2.27 bits per heavy atom. The number of carbonyl (C=O) groups is 1. The van der Waals surface area contributed by atoms with Crippen LogP contribution in [0.1, 0.15) is 22.3 Å². The second-order valence-electron chi connectivity index (χ2n) is 9.69. The molecule has 4 rings (SSSR count). The van der Waals surface area contributed by atoms with E-state index in [4.69, 9.17) is 21.1 Å². The van der Waals surface area contributed by atoms with E-state index in [1.165, 1.54) is 7.11 Å². The minimum absolute atomic E-state index is 0.134. The van der Waals surface area contributed by atoms with Crippen LogP contribution < -0.4 is 9.47 Å². The van der Waals surface area contributed by atoms with Crippen LogP contribution in [-0.2, 0) is 9.53 Å². The minimum atomic E-state index is -0.426. The van der Waals surface area contributed by atoms with Crippen LogP contribution in [0.3, 0.4) is 0 Å². The van der Waals surface area contributed by atoms with E-state index in [1.54, 1.807) is 6.07 Å². The highest BCUT2D eigenvalue weighted by Gasteiger charge is 2.12. The molecule has 0 N–H and O–H groups in total. The molecule has 0 bridgehead atoms. The number of rotatable bonds is 9. The molecule has 1 fully saturated rings. The summed E-state index contributed by atoms with van der Waals surface area (Å²) in [6, 6.07) is 21.6. The fraction of sp³-hybridized carbons (Fsp3) is 0.303. The van der Waals surface area contributed by atoms with Gasteiger partial charge in [-0.15, -0.1) is 0 Å². The molecule has 0 unspecified atom stereocenters. The van der Waals surface area contributed by atoms with E-state index < -0.39 is 5.97 Å². The summed E-state index contributed by atoms with van der Waals surface area (Å²) in [6.07, 6.45) is 2.06. The number of carbonyl (C=O) groups excluding carboxylic acids is 1. The molecule has 40 heavy (non-hydrogen) atoms. The van der Waals surface area contributed by atoms with Crippen molar-refractivity contribution < 1.29 is 19.0 Å². The van der Waals surface area contributed by atoms with Crippen molar-refractivity contribution in [2.45, 2.75) is 6.92 Å². The first kappa shape index (κ1) is 29.2. The third-order valence-corrected chi connectivity index (χ3v) is 6.99. The highest BCUT2D eigenvalue weighted by Crippen LogP contribution is 2.27.